The van der Waals surface area contributed by atoms with Gasteiger partial charge in [0.25, 0.3) is 0 Å². The standard InChI is InChI=1S/C15H14BrNO/c16-13-5-2-6-14(9-13)18-10-12-4-1-3-11-7-8-17-15(11)12/h1-6,9,17H,7-8,10H2. The molecule has 0 unspecified atom stereocenters. The summed E-state index contributed by atoms with van der Waals surface area (Å²) >= 11 is 3.45. The van der Waals surface area contributed by atoms with Gasteiger partial charge in [0.1, 0.15) is 12.4 Å². The largest absolute Gasteiger partial charge is 0.489 e. The number of hydrogen-bond donors (Lipinski definition) is 1. The smallest absolute Gasteiger partial charge is 0.120 e. The third-order valence-electron chi connectivity index (χ3n) is 3.12. The topological polar surface area (TPSA) is 21.3 Å². The lowest BCUT2D eigenvalue weighted by atomic mass is 10.1. The van der Waals surface area contributed by atoms with Crippen molar-refractivity contribution in [2.45, 2.75) is 13.0 Å². The first kappa shape index (κ1) is 11.6. The van der Waals surface area contributed by atoms with Gasteiger partial charge in [0, 0.05) is 22.3 Å². The minimum atomic E-state index is 0.604. The number of para-hydroxylation sites is 1. The number of nitrogens with one attached hydrogen (secondary N) is 1. The lowest BCUT2D eigenvalue weighted by Crippen LogP contribution is -2.00. The summed E-state index contributed by atoms with van der Waals surface area (Å²) in [4.78, 5) is 0. The van der Waals surface area contributed by atoms with Crippen molar-refractivity contribution in [3.8, 4) is 5.75 Å². The van der Waals surface area contributed by atoms with E-state index >= 15 is 0 Å². The Morgan fingerprint density at radius 1 is 1.17 bits per heavy atom. The van der Waals surface area contributed by atoms with Gasteiger partial charge in [-0.2, -0.15) is 0 Å². The van der Waals surface area contributed by atoms with Crippen molar-refractivity contribution in [1.29, 1.82) is 0 Å². The highest BCUT2D eigenvalue weighted by atomic mass is 79.9. The quantitative estimate of drug-likeness (QED) is 0.925. The second-order valence-electron chi connectivity index (χ2n) is 4.37. The summed E-state index contributed by atoms with van der Waals surface area (Å²) in [6.45, 7) is 1.63. The molecule has 0 bridgehead atoms. The van der Waals surface area contributed by atoms with Crippen LogP contribution in [0, 0.1) is 0 Å². The van der Waals surface area contributed by atoms with Gasteiger partial charge in [0.05, 0.1) is 0 Å². The number of rotatable bonds is 3. The third-order valence-corrected chi connectivity index (χ3v) is 3.62. The van der Waals surface area contributed by atoms with E-state index in [1.165, 1.54) is 16.8 Å². The minimum Gasteiger partial charge on any atom is -0.489 e. The molecule has 0 saturated carbocycles. The molecule has 0 aliphatic carbocycles. The Labute approximate surface area is 115 Å². The summed E-state index contributed by atoms with van der Waals surface area (Å²) in [5, 5.41) is 3.43. The molecule has 0 spiro atoms. The molecule has 1 heterocycles. The van der Waals surface area contributed by atoms with Crippen LogP contribution in [-0.4, -0.2) is 6.54 Å². The molecule has 1 aliphatic heterocycles. The van der Waals surface area contributed by atoms with Crippen LogP contribution < -0.4 is 10.1 Å². The van der Waals surface area contributed by atoms with Crippen LogP contribution in [0.1, 0.15) is 11.1 Å². The zero-order valence-electron chi connectivity index (χ0n) is 9.95. The highest BCUT2D eigenvalue weighted by Crippen LogP contribution is 2.27. The Balaban J connectivity index is 1.76. The molecule has 0 atom stereocenters. The molecular weight excluding hydrogens is 290 g/mol. The van der Waals surface area contributed by atoms with Crippen LogP contribution in [0.4, 0.5) is 5.69 Å². The fourth-order valence-electron chi connectivity index (χ4n) is 2.25. The Morgan fingerprint density at radius 3 is 2.94 bits per heavy atom. The van der Waals surface area contributed by atoms with Crippen molar-refractivity contribution in [3.63, 3.8) is 0 Å². The molecule has 92 valence electrons. The molecule has 1 N–H and O–H groups in total. The highest BCUT2D eigenvalue weighted by molar-refractivity contribution is 9.10. The van der Waals surface area contributed by atoms with Gasteiger partial charge in [-0.1, -0.05) is 40.2 Å². The summed E-state index contributed by atoms with van der Waals surface area (Å²) in [5.41, 5.74) is 3.88. The Morgan fingerprint density at radius 2 is 2.06 bits per heavy atom. The van der Waals surface area contributed by atoms with Crippen LogP contribution in [0.2, 0.25) is 0 Å². The lowest BCUT2D eigenvalue weighted by molar-refractivity contribution is 0.306. The first-order valence-corrected chi connectivity index (χ1v) is 6.85. The molecule has 1 aliphatic rings. The maximum atomic E-state index is 5.83. The van der Waals surface area contributed by atoms with Crippen molar-refractivity contribution in [2.75, 3.05) is 11.9 Å². The number of benzene rings is 2. The van der Waals surface area contributed by atoms with E-state index in [2.05, 4.69) is 39.4 Å². The van der Waals surface area contributed by atoms with Gasteiger partial charge < -0.3 is 10.1 Å². The zero-order chi connectivity index (χ0) is 12.4. The SMILES string of the molecule is Brc1cccc(OCc2cccc3c2NCC3)c1. The average molecular weight is 304 g/mol. The van der Waals surface area contributed by atoms with E-state index in [1.807, 2.05) is 24.3 Å². The van der Waals surface area contributed by atoms with Crippen molar-refractivity contribution in [2.24, 2.45) is 0 Å². The van der Waals surface area contributed by atoms with Gasteiger partial charge in [0.2, 0.25) is 0 Å². The molecule has 2 aromatic rings. The van der Waals surface area contributed by atoms with E-state index in [1.54, 1.807) is 0 Å². The van der Waals surface area contributed by atoms with Crippen LogP contribution in [0.5, 0.6) is 5.75 Å². The van der Waals surface area contributed by atoms with Crippen LogP contribution >= 0.6 is 15.9 Å². The number of ether oxygens (including phenoxy) is 1. The van der Waals surface area contributed by atoms with Gasteiger partial charge >= 0.3 is 0 Å². The zero-order valence-corrected chi connectivity index (χ0v) is 11.5. The Hall–Kier alpha value is -1.48. The first-order chi connectivity index (χ1) is 8.83. The van der Waals surface area contributed by atoms with Crippen molar-refractivity contribution in [3.05, 3.63) is 58.1 Å². The molecular formula is C15H14BrNO. The number of anilines is 1. The lowest BCUT2D eigenvalue weighted by Gasteiger charge is -2.10. The number of hydrogen-bond acceptors (Lipinski definition) is 2. The second kappa shape index (κ2) is 5.02. The first-order valence-electron chi connectivity index (χ1n) is 6.06. The normalized spacial score (nSPS) is 12.9. The van der Waals surface area contributed by atoms with Crippen LogP contribution in [0.3, 0.4) is 0 Å². The molecule has 18 heavy (non-hydrogen) atoms. The average Bonchev–Trinajstić information content (AvgIpc) is 2.85. The van der Waals surface area contributed by atoms with Gasteiger partial charge in [0.15, 0.2) is 0 Å². The summed E-state index contributed by atoms with van der Waals surface area (Å²) in [5.74, 6) is 0.889. The van der Waals surface area contributed by atoms with Gasteiger partial charge in [-0.25, -0.2) is 0 Å². The van der Waals surface area contributed by atoms with E-state index in [9.17, 15) is 0 Å². The molecule has 0 aromatic heterocycles. The molecule has 0 radical (unpaired) electrons. The van der Waals surface area contributed by atoms with Crippen molar-refractivity contribution < 1.29 is 4.74 Å². The van der Waals surface area contributed by atoms with Gasteiger partial charge in [-0.05, 0) is 30.2 Å². The highest BCUT2D eigenvalue weighted by Gasteiger charge is 2.13. The second-order valence-corrected chi connectivity index (χ2v) is 5.29. The van der Waals surface area contributed by atoms with E-state index < -0.39 is 0 Å². The monoisotopic (exact) mass is 303 g/mol. The summed E-state index contributed by atoms with van der Waals surface area (Å²) in [7, 11) is 0. The minimum absolute atomic E-state index is 0.604. The number of fused-ring (bicyclic) bond motifs is 1. The van der Waals surface area contributed by atoms with E-state index in [0.29, 0.717) is 6.61 Å². The van der Waals surface area contributed by atoms with Crippen LogP contribution in [0.15, 0.2) is 46.9 Å². The summed E-state index contributed by atoms with van der Waals surface area (Å²) in [6, 6.07) is 14.3. The fourth-order valence-corrected chi connectivity index (χ4v) is 2.63. The van der Waals surface area contributed by atoms with E-state index in [0.717, 1.165) is 23.2 Å². The predicted octanol–water partition coefficient (Wildman–Crippen LogP) is 4.00. The third kappa shape index (κ3) is 2.36. The molecule has 2 nitrogen and oxygen atoms in total. The molecule has 3 heteroatoms. The molecule has 0 fully saturated rings. The van der Waals surface area contributed by atoms with E-state index in [4.69, 9.17) is 4.74 Å². The Bertz CT molecular complexity index is 568. The molecule has 2 aromatic carbocycles. The van der Waals surface area contributed by atoms with Crippen LogP contribution in [0.25, 0.3) is 0 Å². The van der Waals surface area contributed by atoms with Crippen molar-refractivity contribution >= 4 is 21.6 Å². The van der Waals surface area contributed by atoms with Gasteiger partial charge in [-0.3, -0.25) is 0 Å². The summed E-state index contributed by atoms with van der Waals surface area (Å²) in [6.07, 6.45) is 1.11. The number of halogens is 1. The predicted molar refractivity (Wildman–Crippen MR) is 77.1 cm³/mol. The van der Waals surface area contributed by atoms with Crippen LogP contribution in [-0.2, 0) is 13.0 Å². The van der Waals surface area contributed by atoms with E-state index in [-0.39, 0.29) is 0 Å². The molecule has 0 saturated heterocycles. The molecule has 3 rings (SSSR count). The molecule has 0 amide bonds. The van der Waals surface area contributed by atoms with Crippen molar-refractivity contribution in [1.82, 2.24) is 0 Å². The maximum absolute atomic E-state index is 5.83. The maximum Gasteiger partial charge on any atom is 0.120 e. The Kier molecular flexibility index (Phi) is 3.24. The fraction of sp³-hybridized carbons (Fsp3) is 0.200. The van der Waals surface area contributed by atoms with Gasteiger partial charge in [-0.15, -0.1) is 0 Å². The summed E-state index contributed by atoms with van der Waals surface area (Å²) < 4.78 is 6.87.